The number of aliphatic hydroxyl groups is 1. The van der Waals surface area contributed by atoms with Crippen LogP contribution < -0.4 is 9.47 Å². The Morgan fingerprint density at radius 3 is 2.47 bits per heavy atom. The van der Waals surface area contributed by atoms with Gasteiger partial charge in [0.05, 0.1) is 20.3 Å². The van der Waals surface area contributed by atoms with Gasteiger partial charge in [-0.25, -0.2) is 0 Å². The van der Waals surface area contributed by atoms with Crippen molar-refractivity contribution < 1.29 is 14.6 Å². The second kappa shape index (κ2) is 3.91. The third-order valence-corrected chi connectivity index (χ3v) is 3.62. The first-order valence-corrected chi connectivity index (χ1v) is 5.86. The quantitative estimate of drug-likeness (QED) is 0.858. The van der Waals surface area contributed by atoms with Crippen LogP contribution in [0.4, 0.5) is 0 Å². The zero-order valence-electron chi connectivity index (χ0n) is 11.1. The number of fused-ring (bicyclic) bond motifs is 1. The predicted octanol–water partition coefficient (Wildman–Crippen LogP) is 2.73. The van der Waals surface area contributed by atoms with Gasteiger partial charge < -0.3 is 14.6 Å². The Bertz CT molecular complexity index is 449. The Morgan fingerprint density at radius 1 is 1.29 bits per heavy atom. The lowest BCUT2D eigenvalue weighted by atomic mass is 9.83. The second-order valence-corrected chi connectivity index (χ2v) is 5.32. The van der Waals surface area contributed by atoms with Crippen molar-refractivity contribution in [1.82, 2.24) is 0 Å². The van der Waals surface area contributed by atoms with Gasteiger partial charge in [-0.05, 0) is 36.0 Å². The van der Waals surface area contributed by atoms with E-state index in [-0.39, 0.29) is 5.41 Å². The van der Waals surface area contributed by atoms with Gasteiger partial charge >= 0.3 is 0 Å². The summed E-state index contributed by atoms with van der Waals surface area (Å²) in [7, 11) is 3.24. The van der Waals surface area contributed by atoms with E-state index in [2.05, 4.69) is 20.8 Å². The minimum Gasteiger partial charge on any atom is -0.493 e. The van der Waals surface area contributed by atoms with Crippen LogP contribution in [0.1, 0.15) is 43.1 Å². The third-order valence-electron chi connectivity index (χ3n) is 3.62. The van der Waals surface area contributed by atoms with E-state index < -0.39 is 6.10 Å². The molecular weight excluding hydrogens is 216 g/mol. The lowest BCUT2D eigenvalue weighted by Crippen LogP contribution is -2.14. The normalized spacial score (nSPS) is 21.2. The molecular formula is C14H20O3. The molecule has 0 saturated carbocycles. The number of aryl methyl sites for hydroxylation is 1. The minimum atomic E-state index is -0.469. The summed E-state index contributed by atoms with van der Waals surface area (Å²) < 4.78 is 10.7. The van der Waals surface area contributed by atoms with E-state index >= 15 is 0 Å². The van der Waals surface area contributed by atoms with Gasteiger partial charge in [-0.15, -0.1) is 0 Å². The van der Waals surface area contributed by atoms with Gasteiger partial charge in [0.15, 0.2) is 11.5 Å². The fourth-order valence-electron chi connectivity index (χ4n) is 3.06. The highest BCUT2D eigenvalue weighted by atomic mass is 16.5. The number of hydrogen-bond acceptors (Lipinski definition) is 3. The van der Waals surface area contributed by atoms with Crippen molar-refractivity contribution in [1.29, 1.82) is 0 Å². The van der Waals surface area contributed by atoms with E-state index in [1.54, 1.807) is 14.2 Å². The fourth-order valence-corrected chi connectivity index (χ4v) is 3.06. The number of rotatable bonds is 2. The van der Waals surface area contributed by atoms with Gasteiger partial charge in [0.2, 0.25) is 0 Å². The van der Waals surface area contributed by atoms with E-state index in [0.29, 0.717) is 11.5 Å². The van der Waals surface area contributed by atoms with Gasteiger partial charge in [-0.2, -0.15) is 0 Å². The maximum atomic E-state index is 10.2. The van der Waals surface area contributed by atoms with Crippen molar-refractivity contribution in [2.45, 2.75) is 38.7 Å². The molecule has 0 spiro atoms. The lowest BCUT2D eigenvalue weighted by molar-refractivity contribution is 0.158. The molecule has 0 amide bonds. The molecule has 1 atom stereocenters. The molecule has 1 aliphatic carbocycles. The number of benzene rings is 1. The number of hydrogen-bond donors (Lipinski definition) is 1. The largest absolute Gasteiger partial charge is 0.493 e. The van der Waals surface area contributed by atoms with E-state index in [1.165, 1.54) is 5.56 Å². The molecule has 94 valence electrons. The van der Waals surface area contributed by atoms with Gasteiger partial charge in [0.25, 0.3) is 0 Å². The molecule has 1 unspecified atom stereocenters. The Kier molecular flexibility index (Phi) is 2.82. The van der Waals surface area contributed by atoms with Crippen molar-refractivity contribution >= 4 is 0 Å². The summed E-state index contributed by atoms with van der Waals surface area (Å²) in [6.45, 7) is 6.36. The van der Waals surface area contributed by atoms with Crippen LogP contribution >= 0.6 is 0 Å². The molecule has 0 bridgehead atoms. The van der Waals surface area contributed by atoms with E-state index in [9.17, 15) is 5.11 Å². The zero-order chi connectivity index (χ0) is 12.8. The van der Waals surface area contributed by atoms with Crippen LogP contribution in [0.25, 0.3) is 0 Å². The molecule has 2 rings (SSSR count). The monoisotopic (exact) mass is 236 g/mol. The first-order valence-electron chi connectivity index (χ1n) is 5.86. The Balaban J connectivity index is 2.76. The molecule has 3 nitrogen and oxygen atoms in total. The molecule has 17 heavy (non-hydrogen) atoms. The Hall–Kier alpha value is -1.22. The summed E-state index contributed by atoms with van der Waals surface area (Å²) in [5.74, 6) is 1.37. The van der Waals surface area contributed by atoms with Crippen LogP contribution in [0.2, 0.25) is 0 Å². The Labute approximate surface area is 102 Å². The fraction of sp³-hybridized carbons (Fsp3) is 0.571. The average molecular weight is 236 g/mol. The molecule has 0 aliphatic heterocycles. The first-order chi connectivity index (χ1) is 7.92. The number of ether oxygens (including phenoxy) is 2. The maximum absolute atomic E-state index is 10.2. The molecule has 3 heteroatoms. The van der Waals surface area contributed by atoms with Crippen LogP contribution in [0.3, 0.4) is 0 Å². The summed E-state index contributed by atoms with van der Waals surface area (Å²) >= 11 is 0. The van der Waals surface area contributed by atoms with E-state index in [0.717, 1.165) is 17.5 Å². The topological polar surface area (TPSA) is 38.7 Å². The molecule has 1 aromatic carbocycles. The SMILES string of the molecule is COc1cc(C)c2c(c1OC)C(O)CC2(C)C. The minimum absolute atomic E-state index is 0.0155. The molecule has 0 saturated heterocycles. The highest BCUT2D eigenvalue weighted by Gasteiger charge is 2.40. The molecule has 1 aliphatic rings. The molecule has 0 fully saturated rings. The van der Waals surface area contributed by atoms with Crippen LogP contribution in [-0.4, -0.2) is 19.3 Å². The van der Waals surface area contributed by atoms with Crippen LogP contribution in [0.15, 0.2) is 6.07 Å². The Morgan fingerprint density at radius 2 is 1.94 bits per heavy atom. The summed E-state index contributed by atoms with van der Waals surface area (Å²) in [5.41, 5.74) is 3.23. The molecule has 0 heterocycles. The van der Waals surface area contributed by atoms with Crippen molar-refractivity contribution in [3.8, 4) is 11.5 Å². The summed E-state index contributed by atoms with van der Waals surface area (Å²) in [5, 5.41) is 10.2. The van der Waals surface area contributed by atoms with Crippen molar-refractivity contribution in [3.05, 3.63) is 22.8 Å². The number of aliphatic hydroxyl groups excluding tert-OH is 1. The third kappa shape index (κ3) is 1.69. The van der Waals surface area contributed by atoms with Crippen molar-refractivity contribution in [2.24, 2.45) is 0 Å². The van der Waals surface area contributed by atoms with Crippen LogP contribution in [-0.2, 0) is 5.41 Å². The summed E-state index contributed by atoms with van der Waals surface area (Å²) in [6.07, 6.45) is 0.260. The van der Waals surface area contributed by atoms with Crippen molar-refractivity contribution in [2.75, 3.05) is 14.2 Å². The molecule has 1 N–H and O–H groups in total. The van der Waals surface area contributed by atoms with Gasteiger partial charge in [-0.3, -0.25) is 0 Å². The van der Waals surface area contributed by atoms with E-state index in [1.807, 2.05) is 6.07 Å². The summed E-state index contributed by atoms with van der Waals surface area (Å²) in [4.78, 5) is 0. The first kappa shape index (κ1) is 12.2. The van der Waals surface area contributed by atoms with Crippen LogP contribution in [0, 0.1) is 6.92 Å². The molecule has 0 radical (unpaired) electrons. The molecule has 1 aromatic rings. The lowest BCUT2D eigenvalue weighted by Gasteiger charge is -2.22. The average Bonchev–Trinajstić information content (AvgIpc) is 2.49. The zero-order valence-corrected chi connectivity index (χ0v) is 11.1. The smallest absolute Gasteiger partial charge is 0.166 e. The highest BCUT2D eigenvalue weighted by molar-refractivity contribution is 5.59. The number of methoxy groups -OCH3 is 2. The second-order valence-electron chi connectivity index (χ2n) is 5.32. The van der Waals surface area contributed by atoms with Gasteiger partial charge in [0.1, 0.15) is 0 Å². The standard InChI is InChI=1S/C14H20O3/c1-8-6-10(16-4)13(17-5)11-9(15)7-14(2,3)12(8)11/h6,9,15H,7H2,1-5H3. The van der Waals surface area contributed by atoms with E-state index in [4.69, 9.17) is 9.47 Å². The van der Waals surface area contributed by atoms with Gasteiger partial charge in [-0.1, -0.05) is 13.8 Å². The predicted molar refractivity (Wildman–Crippen MR) is 66.9 cm³/mol. The van der Waals surface area contributed by atoms with Crippen LogP contribution in [0.5, 0.6) is 11.5 Å². The highest BCUT2D eigenvalue weighted by Crippen LogP contribution is 2.52. The maximum Gasteiger partial charge on any atom is 0.166 e. The van der Waals surface area contributed by atoms with Crippen molar-refractivity contribution in [3.63, 3.8) is 0 Å². The molecule has 0 aromatic heterocycles. The van der Waals surface area contributed by atoms with Gasteiger partial charge in [0, 0.05) is 5.56 Å². The summed E-state index contributed by atoms with van der Waals surface area (Å²) in [6, 6.07) is 1.98.